The van der Waals surface area contributed by atoms with Crippen LogP contribution in [-0.4, -0.2) is 47.4 Å². The second-order valence-corrected chi connectivity index (χ2v) is 12.4. The number of thiocarbonyl (C=S) groups is 1. The molecule has 1 unspecified atom stereocenters. The molecule has 6 rings (SSSR count). The minimum atomic E-state index is -1.16. The molecule has 2 N–H and O–H groups in total. The average molecular weight is 668 g/mol. The summed E-state index contributed by atoms with van der Waals surface area (Å²) in [6.45, 7) is 5.26. The lowest BCUT2D eigenvalue weighted by Gasteiger charge is -2.29. The van der Waals surface area contributed by atoms with E-state index in [9.17, 15) is 24.4 Å². The monoisotopic (exact) mass is 667 g/mol. The van der Waals surface area contributed by atoms with Gasteiger partial charge in [-0.15, -0.1) is 0 Å². The Morgan fingerprint density at radius 3 is 2.62 bits per heavy atom. The zero-order valence-corrected chi connectivity index (χ0v) is 27.1. The Kier molecular flexibility index (Phi) is 8.45. The molecule has 0 aliphatic carbocycles. The molecule has 2 aliphatic rings. The maximum Gasteiger partial charge on any atom is 0.259 e. The van der Waals surface area contributed by atoms with Crippen LogP contribution in [0, 0.1) is 24.1 Å². The predicted molar refractivity (Wildman–Crippen MR) is 178 cm³/mol. The molecule has 2 fully saturated rings. The fraction of sp³-hybridized carbons (Fsp3) is 0.257. The quantitative estimate of drug-likeness (QED) is 0.151. The van der Waals surface area contributed by atoms with E-state index < -0.39 is 23.2 Å². The molecule has 2 saturated heterocycles. The first-order chi connectivity index (χ1) is 22.9. The number of piperidine rings is 1. The minimum Gasteiger partial charge on any atom is -0.492 e. The molecule has 244 valence electrons. The average Bonchev–Trinajstić information content (AvgIpc) is 3.53. The van der Waals surface area contributed by atoms with E-state index in [0.29, 0.717) is 51.2 Å². The number of imide groups is 1. The number of carbonyl (C=O) groups excluding carboxylic acids is 4. The highest BCUT2D eigenvalue weighted by molar-refractivity contribution is 7.81. The number of nitrogens with one attached hydrogen (secondary N) is 2. The van der Waals surface area contributed by atoms with Gasteiger partial charge in [0.25, 0.3) is 11.8 Å². The van der Waals surface area contributed by atoms with Crippen LogP contribution in [0.4, 0.5) is 15.8 Å². The summed E-state index contributed by atoms with van der Waals surface area (Å²) in [4.78, 5) is 53.2. The van der Waals surface area contributed by atoms with Crippen molar-refractivity contribution in [3.63, 3.8) is 0 Å². The van der Waals surface area contributed by atoms with E-state index >= 15 is 4.39 Å². The van der Waals surface area contributed by atoms with Crippen molar-refractivity contribution < 1.29 is 32.7 Å². The molecular formula is C35H30FN5O6S. The molecular weight excluding hydrogens is 637 g/mol. The van der Waals surface area contributed by atoms with Crippen LogP contribution in [0.3, 0.4) is 0 Å². The molecule has 0 bridgehead atoms. The topological polar surface area (TPSA) is 145 Å². The van der Waals surface area contributed by atoms with Gasteiger partial charge in [0.2, 0.25) is 11.8 Å². The summed E-state index contributed by atoms with van der Waals surface area (Å²) < 4.78 is 26.8. The molecule has 2 aliphatic heterocycles. The Morgan fingerprint density at radius 2 is 1.92 bits per heavy atom. The number of hydrogen-bond donors (Lipinski definition) is 2. The van der Waals surface area contributed by atoms with Gasteiger partial charge >= 0.3 is 0 Å². The SMILES string of the molecule is Cc1cc(N2C(=O)C(C)(C)N(c3ccc(C(=O)NCCOc4ccc5occ(C6CCC(=O)NC6=O)c5c4)c(F)c3)C2=S)ccc1C#N. The van der Waals surface area contributed by atoms with E-state index in [-0.39, 0.29) is 48.0 Å². The van der Waals surface area contributed by atoms with Crippen LogP contribution in [0.2, 0.25) is 0 Å². The van der Waals surface area contributed by atoms with E-state index in [0.717, 1.165) is 0 Å². The molecule has 4 aromatic rings. The summed E-state index contributed by atoms with van der Waals surface area (Å²) in [5.41, 5.74) is 1.83. The number of amides is 4. The van der Waals surface area contributed by atoms with E-state index in [1.165, 1.54) is 29.4 Å². The van der Waals surface area contributed by atoms with Crippen molar-refractivity contribution in [1.29, 1.82) is 5.26 Å². The molecule has 0 spiro atoms. The van der Waals surface area contributed by atoms with Crippen LogP contribution in [0.1, 0.15) is 59.7 Å². The van der Waals surface area contributed by atoms with Gasteiger partial charge in [0.1, 0.15) is 29.3 Å². The third kappa shape index (κ3) is 5.75. The van der Waals surface area contributed by atoms with Crippen molar-refractivity contribution >= 4 is 63.3 Å². The summed E-state index contributed by atoms with van der Waals surface area (Å²) in [6.07, 6.45) is 2.13. The Hall–Kier alpha value is -5.61. The Labute approximate surface area is 280 Å². The maximum absolute atomic E-state index is 15.4. The number of carbonyl (C=O) groups is 4. The number of fused-ring (bicyclic) bond motifs is 1. The summed E-state index contributed by atoms with van der Waals surface area (Å²) >= 11 is 5.68. The molecule has 11 nitrogen and oxygen atoms in total. The summed E-state index contributed by atoms with van der Waals surface area (Å²) in [7, 11) is 0. The van der Waals surface area contributed by atoms with Gasteiger partial charge in [-0.1, -0.05) is 0 Å². The minimum absolute atomic E-state index is 0.0696. The number of nitrogens with zero attached hydrogens (tertiary/aromatic N) is 3. The highest BCUT2D eigenvalue weighted by atomic mass is 32.1. The van der Waals surface area contributed by atoms with Crippen molar-refractivity contribution in [2.45, 2.75) is 45.1 Å². The number of rotatable bonds is 8. The van der Waals surface area contributed by atoms with Crippen molar-refractivity contribution in [2.24, 2.45) is 0 Å². The van der Waals surface area contributed by atoms with Crippen molar-refractivity contribution in [2.75, 3.05) is 23.0 Å². The van der Waals surface area contributed by atoms with Gasteiger partial charge in [-0.2, -0.15) is 5.26 Å². The van der Waals surface area contributed by atoms with Gasteiger partial charge in [0, 0.05) is 23.1 Å². The predicted octanol–water partition coefficient (Wildman–Crippen LogP) is 5.00. The lowest BCUT2D eigenvalue weighted by Crippen LogP contribution is -2.44. The summed E-state index contributed by atoms with van der Waals surface area (Å²) in [5, 5.41) is 15.1. The Balaban J connectivity index is 1.10. The van der Waals surface area contributed by atoms with Crippen LogP contribution >= 0.6 is 12.2 Å². The van der Waals surface area contributed by atoms with E-state index in [1.54, 1.807) is 62.1 Å². The van der Waals surface area contributed by atoms with Gasteiger partial charge in [0.15, 0.2) is 5.11 Å². The van der Waals surface area contributed by atoms with E-state index in [1.807, 2.05) is 0 Å². The molecule has 4 amide bonds. The first-order valence-electron chi connectivity index (χ1n) is 15.2. The second-order valence-electron chi connectivity index (χ2n) is 12.0. The van der Waals surface area contributed by atoms with Gasteiger partial charge in [-0.05, 0) is 99.6 Å². The summed E-state index contributed by atoms with van der Waals surface area (Å²) in [5.74, 6) is -2.48. The largest absolute Gasteiger partial charge is 0.492 e. The number of anilines is 2. The molecule has 1 aromatic heterocycles. The number of nitriles is 1. The smallest absolute Gasteiger partial charge is 0.259 e. The number of benzene rings is 3. The van der Waals surface area contributed by atoms with Crippen LogP contribution in [-0.2, 0) is 14.4 Å². The third-order valence-electron chi connectivity index (χ3n) is 8.56. The number of ether oxygens (including phenoxy) is 1. The molecule has 0 radical (unpaired) electrons. The molecule has 1 atom stereocenters. The van der Waals surface area contributed by atoms with Crippen molar-refractivity contribution in [3.05, 3.63) is 88.9 Å². The highest BCUT2D eigenvalue weighted by Crippen LogP contribution is 2.38. The lowest BCUT2D eigenvalue weighted by atomic mass is 9.90. The molecule has 3 aromatic carbocycles. The van der Waals surface area contributed by atoms with Crippen molar-refractivity contribution in [3.8, 4) is 11.8 Å². The first-order valence-corrected chi connectivity index (χ1v) is 15.6. The van der Waals surface area contributed by atoms with E-state index in [4.69, 9.17) is 21.4 Å². The number of furan rings is 1. The second kappa shape index (κ2) is 12.5. The lowest BCUT2D eigenvalue weighted by molar-refractivity contribution is -0.134. The van der Waals surface area contributed by atoms with Gasteiger partial charge < -0.3 is 19.4 Å². The van der Waals surface area contributed by atoms with Crippen LogP contribution < -0.4 is 25.2 Å². The number of hydrogen-bond acceptors (Lipinski definition) is 8. The zero-order valence-electron chi connectivity index (χ0n) is 26.3. The van der Waals surface area contributed by atoms with Crippen LogP contribution in [0.25, 0.3) is 11.0 Å². The van der Waals surface area contributed by atoms with Gasteiger partial charge in [-0.3, -0.25) is 29.4 Å². The maximum atomic E-state index is 15.4. The van der Waals surface area contributed by atoms with Crippen LogP contribution in [0.5, 0.6) is 5.75 Å². The Morgan fingerprint density at radius 1 is 1.15 bits per heavy atom. The van der Waals surface area contributed by atoms with Gasteiger partial charge in [0.05, 0.1) is 41.6 Å². The van der Waals surface area contributed by atoms with Crippen molar-refractivity contribution in [1.82, 2.24) is 10.6 Å². The highest BCUT2D eigenvalue weighted by Gasteiger charge is 2.50. The molecule has 0 saturated carbocycles. The Bertz CT molecular complexity index is 2070. The van der Waals surface area contributed by atoms with Crippen LogP contribution in [0.15, 0.2) is 65.3 Å². The number of halogens is 1. The fourth-order valence-corrected chi connectivity index (χ4v) is 6.52. The van der Waals surface area contributed by atoms with E-state index in [2.05, 4.69) is 16.7 Å². The van der Waals surface area contributed by atoms with Gasteiger partial charge in [-0.25, -0.2) is 4.39 Å². The molecule has 48 heavy (non-hydrogen) atoms. The standard InChI is InChI=1S/C35H30FN5O6S/c1-19-14-21(5-4-20(19)17-37)40-33(45)35(2,3)41(34(40)48)22-6-8-25(28(36)15-22)31(43)38-12-13-46-23-7-10-29-26(16-23)27(18-47-29)24-9-11-30(42)39-32(24)44/h4-8,10,14-16,18,24H,9,11-13H2,1-3H3,(H,38,43)(H,39,42,44). The normalized spacial score (nSPS) is 17.4. The zero-order chi connectivity index (χ0) is 34.3. The number of aryl methyl sites for hydroxylation is 1. The fourth-order valence-electron chi connectivity index (χ4n) is 6.00. The molecule has 3 heterocycles. The molecule has 13 heteroatoms. The third-order valence-corrected chi connectivity index (χ3v) is 8.92. The first kappa shape index (κ1) is 32.3. The summed E-state index contributed by atoms with van der Waals surface area (Å²) in [6, 6.07) is 16.2.